The van der Waals surface area contributed by atoms with E-state index < -0.39 is 6.67 Å². The predicted molar refractivity (Wildman–Crippen MR) is 62.7 cm³/mol. The molecule has 1 fully saturated rings. The summed E-state index contributed by atoms with van der Waals surface area (Å²) in [6.07, 6.45) is 2.17. The van der Waals surface area contributed by atoms with E-state index in [0.717, 1.165) is 37.1 Å². The first-order chi connectivity index (χ1) is 7.86. The molecule has 0 saturated carbocycles. The molecule has 88 valence electrons. The number of benzene rings is 1. The van der Waals surface area contributed by atoms with Crippen LogP contribution < -0.4 is 10.1 Å². The Balaban J connectivity index is 2.30. The van der Waals surface area contributed by atoms with Crippen LogP contribution in [0.2, 0.25) is 0 Å². The molecule has 1 saturated heterocycles. The zero-order chi connectivity index (χ0) is 11.4. The van der Waals surface area contributed by atoms with Gasteiger partial charge in [-0.15, -0.1) is 0 Å². The molecule has 2 nitrogen and oxygen atoms in total. The summed E-state index contributed by atoms with van der Waals surface area (Å²) in [5, 5.41) is 3.33. The minimum atomic E-state index is -0.441. The molecule has 0 amide bonds. The second kappa shape index (κ2) is 5.30. The van der Waals surface area contributed by atoms with E-state index in [-0.39, 0.29) is 0 Å². The molecule has 1 aliphatic rings. The molecular formula is C13H18FNO. The second-order valence-electron chi connectivity index (χ2n) is 4.19. The zero-order valence-electron chi connectivity index (χ0n) is 9.63. The van der Waals surface area contributed by atoms with E-state index in [0.29, 0.717) is 11.7 Å². The Morgan fingerprint density at radius 3 is 2.75 bits per heavy atom. The molecule has 0 atom stereocenters. The molecule has 16 heavy (non-hydrogen) atoms. The van der Waals surface area contributed by atoms with E-state index in [1.807, 2.05) is 18.2 Å². The number of halogens is 1. The third-order valence-electron chi connectivity index (χ3n) is 3.30. The van der Waals surface area contributed by atoms with Gasteiger partial charge in [-0.25, -0.2) is 4.39 Å². The Bertz CT molecular complexity index is 348. The van der Waals surface area contributed by atoms with Crippen LogP contribution in [0.25, 0.3) is 0 Å². The first kappa shape index (κ1) is 11.4. The summed E-state index contributed by atoms with van der Waals surface area (Å²) in [5.74, 6) is 1.15. The maximum absolute atomic E-state index is 13.1. The van der Waals surface area contributed by atoms with Crippen molar-refractivity contribution in [2.75, 3.05) is 20.2 Å². The minimum Gasteiger partial charge on any atom is -0.496 e. The smallest absolute Gasteiger partial charge is 0.124 e. The van der Waals surface area contributed by atoms with E-state index in [4.69, 9.17) is 4.74 Å². The molecule has 0 aliphatic carbocycles. The molecule has 1 aromatic carbocycles. The van der Waals surface area contributed by atoms with Crippen molar-refractivity contribution >= 4 is 0 Å². The molecule has 0 spiro atoms. The number of ether oxygens (including phenoxy) is 1. The van der Waals surface area contributed by atoms with E-state index >= 15 is 0 Å². The Kier molecular flexibility index (Phi) is 3.78. The van der Waals surface area contributed by atoms with E-state index in [9.17, 15) is 4.39 Å². The fourth-order valence-electron chi connectivity index (χ4n) is 2.43. The maximum atomic E-state index is 13.1. The summed E-state index contributed by atoms with van der Waals surface area (Å²) in [7, 11) is 1.60. The molecule has 0 aromatic heterocycles. The van der Waals surface area contributed by atoms with Crippen LogP contribution >= 0.6 is 0 Å². The Labute approximate surface area is 95.8 Å². The normalized spacial score (nSPS) is 17.4. The lowest BCUT2D eigenvalue weighted by Gasteiger charge is -2.25. The van der Waals surface area contributed by atoms with Gasteiger partial charge in [0.05, 0.1) is 7.11 Å². The molecule has 1 heterocycles. The number of hydrogen-bond donors (Lipinski definition) is 1. The van der Waals surface area contributed by atoms with Gasteiger partial charge in [-0.3, -0.25) is 0 Å². The lowest BCUT2D eigenvalue weighted by Crippen LogP contribution is -2.27. The van der Waals surface area contributed by atoms with Crippen LogP contribution in [-0.2, 0) is 6.67 Å². The highest BCUT2D eigenvalue weighted by atomic mass is 19.1. The third kappa shape index (κ3) is 2.19. The molecule has 1 aromatic rings. The van der Waals surface area contributed by atoms with Crippen molar-refractivity contribution < 1.29 is 9.13 Å². The second-order valence-corrected chi connectivity index (χ2v) is 4.19. The van der Waals surface area contributed by atoms with Crippen molar-refractivity contribution in [1.82, 2.24) is 5.32 Å². The van der Waals surface area contributed by atoms with Crippen LogP contribution in [0, 0.1) is 0 Å². The summed E-state index contributed by atoms with van der Waals surface area (Å²) in [5.41, 5.74) is 1.86. The standard InChI is InChI=1S/C13H18FNO/c1-16-13-4-2-3-11(12(13)9-14)10-5-7-15-8-6-10/h2-4,10,15H,5-9H2,1H3. The summed E-state index contributed by atoms with van der Waals surface area (Å²) in [6, 6.07) is 5.82. The Morgan fingerprint density at radius 1 is 1.38 bits per heavy atom. The van der Waals surface area contributed by atoms with Crippen LogP contribution in [-0.4, -0.2) is 20.2 Å². The summed E-state index contributed by atoms with van der Waals surface area (Å²) in [6.45, 7) is 1.60. The highest BCUT2D eigenvalue weighted by molar-refractivity contribution is 5.42. The fraction of sp³-hybridized carbons (Fsp3) is 0.538. The Morgan fingerprint density at radius 2 is 2.12 bits per heavy atom. The maximum Gasteiger partial charge on any atom is 0.124 e. The first-order valence-electron chi connectivity index (χ1n) is 5.79. The van der Waals surface area contributed by atoms with Crippen LogP contribution in [0.4, 0.5) is 4.39 Å². The predicted octanol–water partition coefficient (Wildman–Crippen LogP) is 2.63. The average molecular weight is 223 g/mol. The highest BCUT2D eigenvalue weighted by Crippen LogP contribution is 2.33. The van der Waals surface area contributed by atoms with Crippen LogP contribution in [0.1, 0.15) is 29.9 Å². The van der Waals surface area contributed by atoms with Crippen LogP contribution in [0.3, 0.4) is 0 Å². The highest BCUT2D eigenvalue weighted by Gasteiger charge is 2.19. The summed E-state index contributed by atoms with van der Waals surface area (Å²) in [4.78, 5) is 0. The molecule has 1 N–H and O–H groups in total. The molecule has 1 aliphatic heterocycles. The van der Waals surface area contributed by atoms with Crippen LogP contribution in [0.5, 0.6) is 5.75 Å². The number of nitrogens with one attached hydrogen (secondary N) is 1. The first-order valence-corrected chi connectivity index (χ1v) is 5.79. The molecular weight excluding hydrogens is 205 g/mol. The molecule has 3 heteroatoms. The van der Waals surface area contributed by atoms with Gasteiger partial charge in [-0.1, -0.05) is 12.1 Å². The van der Waals surface area contributed by atoms with Gasteiger partial charge in [0, 0.05) is 5.56 Å². The van der Waals surface area contributed by atoms with Gasteiger partial charge in [0.2, 0.25) is 0 Å². The van der Waals surface area contributed by atoms with Crippen LogP contribution in [0.15, 0.2) is 18.2 Å². The number of alkyl halides is 1. The van der Waals surface area contributed by atoms with Crippen molar-refractivity contribution in [1.29, 1.82) is 0 Å². The zero-order valence-corrected chi connectivity index (χ0v) is 9.63. The Hall–Kier alpha value is -1.09. The van der Waals surface area contributed by atoms with Gasteiger partial charge in [-0.05, 0) is 43.5 Å². The van der Waals surface area contributed by atoms with E-state index in [1.54, 1.807) is 7.11 Å². The topological polar surface area (TPSA) is 21.3 Å². The van der Waals surface area contributed by atoms with Crippen molar-refractivity contribution in [2.45, 2.75) is 25.4 Å². The molecule has 0 bridgehead atoms. The van der Waals surface area contributed by atoms with Gasteiger partial charge in [0.15, 0.2) is 0 Å². The molecule has 2 rings (SSSR count). The monoisotopic (exact) mass is 223 g/mol. The van der Waals surface area contributed by atoms with Gasteiger partial charge < -0.3 is 10.1 Å². The SMILES string of the molecule is COc1cccc(C2CCNCC2)c1CF. The van der Waals surface area contributed by atoms with Crippen molar-refractivity contribution in [3.63, 3.8) is 0 Å². The minimum absolute atomic E-state index is 0.441. The third-order valence-corrected chi connectivity index (χ3v) is 3.30. The number of rotatable bonds is 3. The van der Waals surface area contributed by atoms with Gasteiger partial charge in [-0.2, -0.15) is 0 Å². The summed E-state index contributed by atoms with van der Waals surface area (Å²) < 4.78 is 18.3. The quantitative estimate of drug-likeness (QED) is 0.850. The van der Waals surface area contributed by atoms with Crippen molar-refractivity contribution in [2.24, 2.45) is 0 Å². The number of piperidine rings is 1. The number of methoxy groups -OCH3 is 1. The van der Waals surface area contributed by atoms with Crippen molar-refractivity contribution in [3.05, 3.63) is 29.3 Å². The van der Waals surface area contributed by atoms with Gasteiger partial charge in [0.25, 0.3) is 0 Å². The molecule has 0 unspecified atom stereocenters. The number of hydrogen-bond acceptors (Lipinski definition) is 2. The van der Waals surface area contributed by atoms with E-state index in [1.165, 1.54) is 0 Å². The lowest BCUT2D eigenvalue weighted by atomic mass is 9.87. The van der Waals surface area contributed by atoms with E-state index in [2.05, 4.69) is 5.32 Å². The molecule has 0 radical (unpaired) electrons. The van der Waals surface area contributed by atoms with Gasteiger partial charge >= 0.3 is 0 Å². The fourth-order valence-corrected chi connectivity index (χ4v) is 2.43. The average Bonchev–Trinajstić information content (AvgIpc) is 2.38. The van der Waals surface area contributed by atoms with Gasteiger partial charge in [0.1, 0.15) is 12.4 Å². The summed E-state index contributed by atoms with van der Waals surface area (Å²) >= 11 is 0. The lowest BCUT2D eigenvalue weighted by molar-refractivity contribution is 0.386. The van der Waals surface area contributed by atoms with Crippen molar-refractivity contribution in [3.8, 4) is 5.75 Å². The largest absolute Gasteiger partial charge is 0.496 e.